The third-order valence-electron chi connectivity index (χ3n) is 3.96. The smallest absolute Gasteiger partial charge is 0.244 e. The van der Waals surface area contributed by atoms with Gasteiger partial charge in [0.2, 0.25) is 5.91 Å². The van der Waals surface area contributed by atoms with Crippen LogP contribution in [0.15, 0.2) is 49.3 Å². The molecule has 0 fully saturated rings. The van der Waals surface area contributed by atoms with E-state index in [0.29, 0.717) is 23.7 Å². The number of ether oxygens (including phenoxy) is 1. The summed E-state index contributed by atoms with van der Waals surface area (Å²) in [6.45, 7) is 6.31. The number of hydrogen-bond acceptors (Lipinski definition) is 3. The van der Waals surface area contributed by atoms with Gasteiger partial charge in [-0.05, 0) is 42.3 Å². The summed E-state index contributed by atoms with van der Waals surface area (Å²) in [5.74, 6) is 0.536. The highest BCUT2D eigenvalue weighted by atomic mass is 35.5. The first kappa shape index (κ1) is 17.2. The molecule has 128 valence electrons. The number of hydrogen-bond donors (Lipinski definition) is 1. The molecule has 2 aromatic rings. The maximum absolute atomic E-state index is 11.9. The minimum Gasteiger partial charge on any atom is -0.486 e. The Labute approximate surface area is 152 Å². The molecule has 1 N–H and O–H groups in total. The summed E-state index contributed by atoms with van der Waals surface area (Å²) < 4.78 is 5.88. The lowest BCUT2D eigenvalue weighted by Gasteiger charge is -2.11. The van der Waals surface area contributed by atoms with Gasteiger partial charge in [-0.2, -0.15) is 0 Å². The monoisotopic (exact) mass is 354 g/mol. The number of rotatable bonds is 5. The van der Waals surface area contributed by atoms with Crippen LogP contribution in [-0.4, -0.2) is 23.5 Å². The Morgan fingerprint density at radius 1 is 1.52 bits per heavy atom. The quantitative estimate of drug-likeness (QED) is 0.828. The van der Waals surface area contributed by atoms with Crippen LogP contribution in [0.5, 0.6) is 5.75 Å². The molecule has 0 radical (unpaired) electrons. The highest BCUT2D eigenvalue weighted by Crippen LogP contribution is 2.38. The lowest BCUT2D eigenvalue weighted by atomic mass is 10.0. The SMILES string of the molecule is C=C(C)c1cc(Cl)c2c(c1)CC(CNC(=O)/C=C/c1cccnc1)O2. The number of aromatic nitrogens is 1. The standard InChI is InChI=1S/C20H19ClN2O2/c1-13(2)15-8-16-9-17(25-20(16)18(21)10-15)12-23-19(24)6-5-14-4-3-7-22-11-14/h3-8,10-11,17H,1,9,12H2,2H3,(H,23,24)/b6-5+. The van der Waals surface area contributed by atoms with E-state index in [4.69, 9.17) is 16.3 Å². The van der Waals surface area contributed by atoms with E-state index in [1.165, 1.54) is 6.08 Å². The maximum atomic E-state index is 11.9. The highest BCUT2D eigenvalue weighted by molar-refractivity contribution is 6.32. The molecule has 1 aromatic carbocycles. The van der Waals surface area contributed by atoms with E-state index >= 15 is 0 Å². The van der Waals surface area contributed by atoms with Crippen LogP contribution in [0.4, 0.5) is 0 Å². The molecule has 25 heavy (non-hydrogen) atoms. The number of allylic oxidation sites excluding steroid dienone is 1. The van der Waals surface area contributed by atoms with Gasteiger partial charge in [-0.1, -0.05) is 29.8 Å². The molecular weight excluding hydrogens is 336 g/mol. The Hall–Kier alpha value is -2.59. The fourth-order valence-electron chi connectivity index (χ4n) is 2.67. The van der Waals surface area contributed by atoms with Crippen molar-refractivity contribution in [2.24, 2.45) is 0 Å². The van der Waals surface area contributed by atoms with Crippen molar-refractivity contribution < 1.29 is 9.53 Å². The number of pyridine rings is 1. The molecule has 0 spiro atoms. The van der Waals surface area contributed by atoms with Gasteiger partial charge >= 0.3 is 0 Å². The van der Waals surface area contributed by atoms with Gasteiger partial charge in [-0.15, -0.1) is 0 Å². The average molecular weight is 355 g/mol. The molecule has 1 unspecified atom stereocenters. The lowest BCUT2D eigenvalue weighted by Crippen LogP contribution is -2.33. The largest absolute Gasteiger partial charge is 0.486 e. The molecule has 0 saturated heterocycles. The number of fused-ring (bicyclic) bond motifs is 1. The highest BCUT2D eigenvalue weighted by Gasteiger charge is 2.26. The Bertz CT molecular complexity index is 831. The number of amides is 1. The van der Waals surface area contributed by atoms with Crippen molar-refractivity contribution in [1.82, 2.24) is 10.3 Å². The first-order valence-electron chi connectivity index (χ1n) is 8.04. The van der Waals surface area contributed by atoms with Gasteiger partial charge in [0.25, 0.3) is 0 Å². The van der Waals surface area contributed by atoms with E-state index in [0.717, 1.165) is 22.3 Å². The summed E-state index contributed by atoms with van der Waals surface area (Å²) in [6, 6.07) is 7.62. The summed E-state index contributed by atoms with van der Waals surface area (Å²) in [5.41, 5.74) is 3.90. The van der Waals surface area contributed by atoms with Gasteiger partial charge in [-0.25, -0.2) is 0 Å². The first-order chi connectivity index (χ1) is 12.0. The third-order valence-corrected chi connectivity index (χ3v) is 4.24. The molecule has 0 aliphatic carbocycles. The van der Waals surface area contributed by atoms with Crippen molar-refractivity contribution in [2.45, 2.75) is 19.4 Å². The minimum absolute atomic E-state index is 0.122. The van der Waals surface area contributed by atoms with Crippen molar-refractivity contribution in [2.75, 3.05) is 6.54 Å². The van der Waals surface area contributed by atoms with Crippen molar-refractivity contribution >= 4 is 29.2 Å². The van der Waals surface area contributed by atoms with Crippen LogP contribution in [0, 0.1) is 0 Å². The van der Waals surface area contributed by atoms with Gasteiger partial charge < -0.3 is 10.1 Å². The van der Waals surface area contributed by atoms with Crippen LogP contribution < -0.4 is 10.1 Å². The van der Waals surface area contributed by atoms with Crippen LogP contribution in [0.25, 0.3) is 11.6 Å². The molecule has 0 bridgehead atoms. The zero-order valence-electron chi connectivity index (χ0n) is 14.0. The van der Waals surface area contributed by atoms with Gasteiger partial charge in [0.05, 0.1) is 11.6 Å². The van der Waals surface area contributed by atoms with E-state index in [2.05, 4.69) is 16.9 Å². The van der Waals surface area contributed by atoms with Crippen molar-refractivity contribution in [1.29, 1.82) is 0 Å². The van der Waals surface area contributed by atoms with E-state index in [9.17, 15) is 4.79 Å². The Morgan fingerprint density at radius 3 is 3.08 bits per heavy atom. The number of nitrogens with one attached hydrogen (secondary N) is 1. The fraction of sp³-hybridized carbons (Fsp3) is 0.200. The first-order valence-corrected chi connectivity index (χ1v) is 8.41. The minimum atomic E-state index is -0.169. The van der Waals surface area contributed by atoms with E-state index in [-0.39, 0.29) is 12.0 Å². The topological polar surface area (TPSA) is 51.2 Å². The molecule has 1 aliphatic heterocycles. The van der Waals surface area contributed by atoms with E-state index < -0.39 is 0 Å². The number of nitrogens with zero attached hydrogens (tertiary/aromatic N) is 1. The molecule has 2 heterocycles. The van der Waals surface area contributed by atoms with Crippen LogP contribution >= 0.6 is 11.6 Å². The second-order valence-electron chi connectivity index (χ2n) is 6.04. The molecule has 4 nitrogen and oxygen atoms in total. The zero-order valence-corrected chi connectivity index (χ0v) is 14.7. The summed E-state index contributed by atoms with van der Waals surface area (Å²) >= 11 is 6.29. The molecule has 5 heteroatoms. The number of benzene rings is 1. The number of carbonyl (C=O) groups is 1. The normalized spacial score (nSPS) is 15.7. The lowest BCUT2D eigenvalue weighted by molar-refractivity contribution is -0.116. The molecule has 1 aromatic heterocycles. The Kier molecular flexibility index (Phi) is 5.19. The van der Waals surface area contributed by atoms with Gasteiger partial charge in [0.1, 0.15) is 11.9 Å². The van der Waals surface area contributed by atoms with Gasteiger partial charge in [0, 0.05) is 30.5 Å². The number of carbonyl (C=O) groups excluding carboxylic acids is 1. The Morgan fingerprint density at radius 2 is 2.36 bits per heavy atom. The summed E-state index contributed by atoms with van der Waals surface area (Å²) in [6.07, 6.45) is 7.19. The van der Waals surface area contributed by atoms with Gasteiger partial charge in [0.15, 0.2) is 0 Å². The molecule has 1 amide bonds. The molecular formula is C20H19ClN2O2. The zero-order chi connectivity index (χ0) is 17.8. The van der Waals surface area contributed by atoms with Crippen LogP contribution in [0.2, 0.25) is 5.02 Å². The fourth-order valence-corrected chi connectivity index (χ4v) is 2.95. The second kappa shape index (κ2) is 7.53. The molecule has 1 aliphatic rings. The molecule has 1 atom stereocenters. The maximum Gasteiger partial charge on any atom is 0.244 e. The van der Waals surface area contributed by atoms with Crippen LogP contribution in [-0.2, 0) is 11.2 Å². The van der Waals surface area contributed by atoms with E-state index in [1.807, 2.05) is 31.2 Å². The predicted octanol–water partition coefficient (Wildman–Crippen LogP) is 3.90. The average Bonchev–Trinajstić information content (AvgIpc) is 3.02. The van der Waals surface area contributed by atoms with Crippen LogP contribution in [0.1, 0.15) is 23.6 Å². The molecule has 0 saturated carbocycles. The molecule has 3 rings (SSSR count). The van der Waals surface area contributed by atoms with Crippen molar-refractivity contribution in [3.8, 4) is 5.75 Å². The van der Waals surface area contributed by atoms with E-state index in [1.54, 1.807) is 18.5 Å². The summed E-state index contributed by atoms with van der Waals surface area (Å²) in [4.78, 5) is 15.9. The van der Waals surface area contributed by atoms with Crippen molar-refractivity contribution in [3.63, 3.8) is 0 Å². The van der Waals surface area contributed by atoms with Gasteiger partial charge in [-0.3, -0.25) is 9.78 Å². The summed E-state index contributed by atoms with van der Waals surface area (Å²) in [7, 11) is 0. The van der Waals surface area contributed by atoms with Crippen molar-refractivity contribution in [3.05, 3.63) is 71.0 Å². The second-order valence-corrected chi connectivity index (χ2v) is 6.44. The number of halogens is 1. The predicted molar refractivity (Wildman–Crippen MR) is 101 cm³/mol. The third kappa shape index (κ3) is 4.28. The van der Waals surface area contributed by atoms with Crippen LogP contribution in [0.3, 0.4) is 0 Å². The Balaban J connectivity index is 1.56. The summed E-state index contributed by atoms with van der Waals surface area (Å²) in [5, 5.41) is 3.44.